The molecule has 164 valence electrons. The number of hydrogen-bond acceptors (Lipinski definition) is 5. The van der Waals surface area contributed by atoms with Crippen LogP contribution < -0.4 is 9.80 Å². The number of nitrogens with zero attached hydrogens (tertiary/aromatic N) is 6. The molecule has 2 aromatic heterocycles. The SMILES string of the molecule is [C-]#[N+]c1ccc(N2CCN(c3nnc(Cc4ccc(F)cc4)c4cc(Cl)ccc34)CC2)nc1. The number of hydrogen-bond donors (Lipinski definition) is 0. The minimum atomic E-state index is -0.259. The summed E-state index contributed by atoms with van der Waals surface area (Å²) < 4.78 is 13.3. The van der Waals surface area contributed by atoms with Crippen LogP contribution in [-0.2, 0) is 6.42 Å². The molecule has 1 fully saturated rings. The molecule has 4 aromatic rings. The van der Waals surface area contributed by atoms with Crippen LogP contribution in [0.5, 0.6) is 0 Å². The fraction of sp³-hybridized carbons (Fsp3) is 0.200. The normalized spacial score (nSPS) is 13.8. The van der Waals surface area contributed by atoms with Gasteiger partial charge in [0.15, 0.2) is 5.82 Å². The molecule has 5 rings (SSSR count). The van der Waals surface area contributed by atoms with Gasteiger partial charge >= 0.3 is 0 Å². The lowest BCUT2D eigenvalue weighted by Crippen LogP contribution is -2.47. The summed E-state index contributed by atoms with van der Waals surface area (Å²) in [6.07, 6.45) is 2.15. The van der Waals surface area contributed by atoms with Gasteiger partial charge in [0.25, 0.3) is 0 Å². The summed E-state index contributed by atoms with van der Waals surface area (Å²) in [5, 5.41) is 11.7. The highest BCUT2D eigenvalue weighted by Crippen LogP contribution is 2.30. The number of halogens is 2. The van der Waals surface area contributed by atoms with Crippen molar-refractivity contribution in [2.24, 2.45) is 0 Å². The number of fused-ring (bicyclic) bond motifs is 1. The predicted molar refractivity (Wildman–Crippen MR) is 129 cm³/mol. The zero-order chi connectivity index (χ0) is 22.8. The molecule has 2 aromatic carbocycles. The van der Waals surface area contributed by atoms with Gasteiger partial charge in [-0.25, -0.2) is 9.24 Å². The van der Waals surface area contributed by atoms with Crippen molar-refractivity contribution in [3.05, 3.63) is 94.3 Å². The van der Waals surface area contributed by atoms with E-state index < -0.39 is 0 Å². The summed E-state index contributed by atoms with van der Waals surface area (Å²) >= 11 is 6.32. The quantitative estimate of drug-likeness (QED) is 0.389. The second-order valence-electron chi connectivity index (χ2n) is 7.92. The van der Waals surface area contributed by atoms with Crippen molar-refractivity contribution in [2.75, 3.05) is 36.0 Å². The van der Waals surface area contributed by atoms with Gasteiger partial charge in [-0.2, -0.15) is 5.10 Å². The van der Waals surface area contributed by atoms with Crippen LogP contribution in [-0.4, -0.2) is 41.4 Å². The molecule has 0 spiro atoms. The van der Waals surface area contributed by atoms with Crippen molar-refractivity contribution in [3.8, 4) is 0 Å². The van der Waals surface area contributed by atoms with E-state index in [0.717, 1.165) is 59.8 Å². The maximum absolute atomic E-state index is 13.3. The molecule has 1 aliphatic heterocycles. The number of pyridine rings is 1. The van der Waals surface area contributed by atoms with Crippen LogP contribution in [0.1, 0.15) is 11.3 Å². The summed E-state index contributed by atoms with van der Waals surface area (Å²) in [4.78, 5) is 12.3. The van der Waals surface area contributed by atoms with Gasteiger partial charge in [0, 0.05) is 54.6 Å². The number of aromatic nitrogens is 3. The van der Waals surface area contributed by atoms with Gasteiger partial charge in [-0.1, -0.05) is 29.8 Å². The van der Waals surface area contributed by atoms with Gasteiger partial charge in [-0.15, -0.1) is 5.10 Å². The van der Waals surface area contributed by atoms with Crippen molar-refractivity contribution in [1.29, 1.82) is 0 Å². The van der Waals surface area contributed by atoms with Gasteiger partial charge in [0.2, 0.25) is 5.69 Å². The zero-order valence-corrected chi connectivity index (χ0v) is 18.5. The Bertz CT molecular complexity index is 1330. The second kappa shape index (κ2) is 9.00. The van der Waals surface area contributed by atoms with Crippen molar-refractivity contribution in [2.45, 2.75) is 6.42 Å². The van der Waals surface area contributed by atoms with E-state index in [1.54, 1.807) is 24.4 Å². The molecule has 0 unspecified atom stereocenters. The summed E-state index contributed by atoms with van der Waals surface area (Å²) in [5.74, 6) is 1.45. The molecule has 33 heavy (non-hydrogen) atoms. The minimum absolute atomic E-state index is 0.259. The van der Waals surface area contributed by atoms with Gasteiger partial charge in [-0.05, 0) is 42.0 Å². The molecule has 1 saturated heterocycles. The van der Waals surface area contributed by atoms with Crippen LogP contribution in [0.3, 0.4) is 0 Å². The Balaban J connectivity index is 1.39. The first kappa shape index (κ1) is 21.1. The summed E-state index contributed by atoms with van der Waals surface area (Å²) in [5.41, 5.74) is 2.31. The first-order valence-electron chi connectivity index (χ1n) is 10.6. The largest absolute Gasteiger partial charge is 0.353 e. The van der Waals surface area contributed by atoms with E-state index in [1.807, 2.05) is 24.3 Å². The lowest BCUT2D eigenvalue weighted by Gasteiger charge is -2.36. The molecular formula is C25H20ClFN6. The van der Waals surface area contributed by atoms with Gasteiger partial charge in [0.1, 0.15) is 11.6 Å². The zero-order valence-electron chi connectivity index (χ0n) is 17.7. The molecule has 0 bridgehead atoms. The number of piperazine rings is 1. The van der Waals surface area contributed by atoms with Crippen molar-refractivity contribution >= 4 is 39.7 Å². The van der Waals surface area contributed by atoms with Crippen LogP contribution in [0, 0.1) is 12.4 Å². The fourth-order valence-electron chi connectivity index (χ4n) is 4.10. The number of rotatable bonds is 4. The van der Waals surface area contributed by atoms with E-state index in [1.165, 1.54) is 12.1 Å². The molecule has 8 heteroatoms. The van der Waals surface area contributed by atoms with Gasteiger partial charge in [0.05, 0.1) is 12.3 Å². The van der Waals surface area contributed by atoms with E-state index in [-0.39, 0.29) is 5.82 Å². The van der Waals surface area contributed by atoms with Gasteiger partial charge in [-0.3, -0.25) is 4.98 Å². The lowest BCUT2D eigenvalue weighted by atomic mass is 10.0. The first-order valence-corrected chi connectivity index (χ1v) is 11.0. The minimum Gasteiger partial charge on any atom is -0.353 e. The van der Waals surface area contributed by atoms with Crippen LogP contribution in [0.2, 0.25) is 5.02 Å². The molecule has 0 N–H and O–H groups in total. The maximum atomic E-state index is 13.3. The lowest BCUT2D eigenvalue weighted by molar-refractivity contribution is 0.627. The van der Waals surface area contributed by atoms with Crippen molar-refractivity contribution in [1.82, 2.24) is 15.2 Å². The monoisotopic (exact) mass is 458 g/mol. The molecule has 0 atom stereocenters. The van der Waals surface area contributed by atoms with E-state index >= 15 is 0 Å². The topological polar surface area (TPSA) is 49.5 Å². The van der Waals surface area contributed by atoms with E-state index in [0.29, 0.717) is 17.1 Å². The van der Waals surface area contributed by atoms with Gasteiger partial charge < -0.3 is 9.80 Å². The highest BCUT2D eigenvalue weighted by atomic mass is 35.5. The third-order valence-corrected chi connectivity index (χ3v) is 6.08. The molecule has 0 saturated carbocycles. The standard InChI is InChI=1S/C25H20ClFN6/c1-28-20-7-9-24(29-16-20)32-10-12-33(13-11-32)25-21-8-4-18(26)15-22(21)23(30-31-25)14-17-2-5-19(27)6-3-17/h2-9,15-16H,10-14H2. The van der Waals surface area contributed by atoms with Crippen LogP contribution in [0.4, 0.5) is 21.7 Å². The molecule has 3 heterocycles. The summed E-state index contributed by atoms with van der Waals surface area (Å²) in [7, 11) is 0. The highest BCUT2D eigenvalue weighted by molar-refractivity contribution is 6.31. The Morgan fingerprint density at radius 1 is 0.909 bits per heavy atom. The number of anilines is 2. The summed E-state index contributed by atoms with van der Waals surface area (Å²) in [6.45, 7) is 10.2. The average molecular weight is 459 g/mol. The first-order chi connectivity index (χ1) is 16.1. The predicted octanol–water partition coefficient (Wildman–Crippen LogP) is 5.29. The van der Waals surface area contributed by atoms with Crippen molar-refractivity contribution < 1.29 is 4.39 Å². The third-order valence-electron chi connectivity index (χ3n) is 5.85. The third kappa shape index (κ3) is 4.43. The Labute approximate surface area is 196 Å². The molecule has 0 amide bonds. The van der Waals surface area contributed by atoms with E-state index in [4.69, 9.17) is 18.2 Å². The molecular weight excluding hydrogens is 439 g/mol. The van der Waals surface area contributed by atoms with E-state index in [2.05, 4.69) is 29.8 Å². The molecule has 0 aliphatic carbocycles. The second-order valence-corrected chi connectivity index (χ2v) is 8.36. The average Bonchev–Trinajstić information content (AvgIpc) is 2.86. The molecule has 0 radical (unpaired) electrons. The van der Waals surface area contributed by atoms with Crippen LogP contribution in [0.25, 0.3) is 15.6 Å². The Hall–Kier alpha value is -3.76. The highest BCUT2D eigenvalue weighted by Gasteiger charge is 2.22. The summed E-state index contributed by atoms with van der Waals surface area (Å²) in [6, 6.07) is 15.9. The Kier molecular flexibility index (Phi) is 5.76. The Morgan fingerprint density at radius 2 is 1.67 bits per heavy atom. The van der Waals surface area contributed by atoms with Crippen LogP contribution >= 0.6 is 11.6 Å². The Morgan fingerprint density at radius 3 is 2.36 bits per heavy atom. The smallest absolute Gasteiger partial charge is 0.205 e. The number of benzene rings is 2. The maximum Gasteiger partial charge on any atom is 0.205 e. The van der Waals surface area contributed by atoms with E-state index in [9.17, 15) is 4.39 Å². The van der Waals surface area contributed by atoms with Crippen molar-refractivity contribution in [3.63, 3.8) is 0 Å². The van der Waals surface area contributed by atoms with Crippen LogP contribution in [0.15, 0.2) is 60.8 Å². The molecule has 6 nitrogen and oxygen atoms in total. The fourth-order valence-corrected chi connectivity index (χ4v) is 4.28. The molecule has 1 aliphatic rings.